The first-order valence-corrected chi connectivity index (χ1v) is 9.53. The molecule has 7 heteroatoms. The number of hydrogen-bond acceptors (Lipinski definition) is 4. The van der Waals surface area contributed by atoms with Crippen molar-refractivity contribution in [3.05, 3.63) is 0 Å². The molecule has 0 aromatic carbocycles. The Labute approximate surface area is 129 Å². The number of unbranched alkanes of at least 4 members (excludes halogenated alkanes) is 1. The molecular formula is C14H29N3O3S. The van der Waals surface area contributed by atoms with Gasteiger partial charge in [-0.25, -0.2) is 8.42 Å². The molecule has 1 heterocycles. The zero-order chi connectivity index (χ0) is 15.9. The van der Waals surface area contributed by atoms with Crippen LogP contribution in [0.1, 0.15) is 33.6 Å². The summed E-state index contributed by atoms with van der Waals surface area (Å²) in [6.45, 7) is 10.1. The number of rotatable bonds is 8. The highest BCUT2D eigenvalue weighted by molar-refractivity contribution is 7.89. The maximum atomic E-state index is 12.2. The van der Waals surface area contributed by atoms with Gasteiger partial charge < -0.3 is 4.90 Å². The molecule has 1 aliphatic rings. The summed E-state index contributed by atoms with van der Waals surface area (Å²) in [5.74, 6) is 0.320. The van der Waals surface area contributed by atoms with Crippen LogP contribution in [0.5, 0.6) is 0 Å². The molecule has 1 fully saturated rings. The van der Waals surface area contributed by atoms with Crippen LogP contribution in [0.4, 0.5) is 0 Å². The van der Waals surface area contributed by atoms with Crippen LogP contribution in [0, 0.1) is 0 Å². The fraction of sp³-hybridized carbons (Fsp3) is 0.929. The Bertz CT molecular complexity index is 413. The monoisotopic (exact) mass is 319 g/mol. The fourth-order valence-corrected chi connectivity index (χ4v) is 4.04. The molecular weight excluding hydrogens is 290 g/mol. The van der Waals surface area contributed by atoms with E-state index in [-0.39, 0.29) is 11.7 Å². The summed E-state index contributed by atoms with van der Waals surface area (Å²) in [7, 11) is -3.14. The van der Waals surface area contributed by atoms with Gasteiger partial charge in [0.15, 0.2) is 0 Å². The van der Waals surface area contributed by atoms with Gasteiger partial charge in [0, 0.05) is 26.2 Å². The van der Waals surface area contributed by atoms with Gasteiger partial charge in [-0.1, -0.05) is 27.2 Å². The first kappa shape index (κ1) is 18.4. The summed E-state index contributed by atoms with van der Waals surface area (Å²) < 4.78 is 25.7. The molecule has 0 aromatic rings. The van der Waals surface area contributed by atoms with Gasteiger partial charge >= 0.3 is 0 Å². The van der Waals surface area contributed by atoms with Crippen LogP contribution in [0.25, 0.3) is 0 Å². The molecule has 21 heavy (non-hydrogen) atoms. The number of hydrogen-bond donors (Lipinski definition) is 0. The minimum absolute atomic E-state index is 0.101. The molecule has 1 saturated heterocycles. The molecule has 0 saturated carbocycles. The van der Waals surface area contributed by atoms with Crippen LogP contribution in [-0.2, 0) is 14.8 Å². The number of likely N-dealkylation sites (N-methyl/N-ethyl adjacent to an activating group) is 1. The van der Waals surface area contributed by atoms with Crippen molar-refractivity contribution in [2.24, 2.45) is 0 Å². The van der Waals surface area contributed by atoms with E-state index in [4.69, 9.17) is 0 Å². The lowest BCUT2D eigenvalue weighted by Gasteiger charge is -2.35. The van der Waals surface area contributed by atoms with Crippen LogP contribution < -0.4 is 0 Å². The minimum Gasteiger partial charge on any atom is -0.339 e. The largest absolute Gasteiger partial charge is 0.339 e. The van der Waals surface area contributed by atoms with E-state index in [2.05, 4.69) is 4.90 Å². The second-order valence-corrected chi connectivity index (χ2v) is 7.50. The molecule has 0 aromatic heterocycles. The van der Waals surface area contributed by atoms with Gasteiger partial charge in [0.25, 0.3) is 0 Å². The van der Waals surface area contributed by atoms with Crippen LogP contribution >= 0.6 is 0 Å². The normalized spacial score (nSPS) is 17.4. The first-order chi connectivity index (χ1) is 9.94. The van der Waals surface area contributed by atoms with Gasteiger partial charge in [-0.3, -0.25) is 9.69 Å². The van der Waals surface area contributed by atoms with Crippen molar-refractivity contribution in [2.75, 3.05) is 51.6 Å². The Kier molecular flexibility index (Phi) is 7.62. The third-order valence-corrected chi connectivity index (χ3v) is 5.95. The van der Waals surface area contributed by atoms with Crippen molar-refractivity contribution >= 4 is 15.9 Å². The Hall–Kier alpha value is -0.660. The Morgan fingerprint density at radius 1 is 1.05 bits per heavy atom. The second-order valence-electron chi connectivity index (χ2n) is 5.41. The van der Waals surface area contributed by atoms with Gasteiger partial charge in [0.2, 0.25) is 15.9 Å². The molecule has 0 aliphatic carbocycles. The highest BCUT2D eigenvalue weighted by Crippen LogP contribution is 2.10. The summed E-state index contributed by atoms with van der Waals surface area (Å²) in [4.78, 5) is 16.0. The molecule has 0 spiro atoms. The Morgan fingerprint density at radius 3 is 2.10 bits per heavy atom. The second kappa shape index (κ2) is 8.70. The third kappa shape index (κ3) is 5.56. The van der Waals surface area contributed by atoms with Crippen molar-refractivity contribution in [1.82, 2.24) is 14.1 Å². The molecule has 1 rings (SSSR count). The first-order valence-electron chi connectivity index (χ1n) is 7.92. The summed E-state index contributed by atoms with van der Waals surface area (Å²) in [6, 6.07) is 0. The van der Waals surface area contributed by atoms with E-state index in [0.717, 1.165) is 19.5 Å². The highest BCUT2D eigenvalue weighted by atomic mass is 32.2. The number of sulfonamides is 1. The average Bonchev–Trinajstić information content (AvgIpc) is 2.50. The summed E-state index contributed by atoms with van der Waals surface area (Å²) in [5, 5.41) is 0. The summed E-state index contributed by atoms with van der Waals surface area (Å²) in [6.07, 6.45) is 1.57. The maximum absolute atomic E-state index is 12.2. The lowest BCUT2D eigenvalue weighted by Crippen LogP contribution is -2.52. The van der Waals surface area contributed by atoms with Crippen molar-refractivity contribution in [2.45, 2.75) is 33.6 Å². The topological polar surface area (TPSA) is 60.9 Å². The van der Waals surface area contributed by atoms with Crippen LogP contribution in [0.2, 0.25) is 0 Å². The molecule has 0 bridgehead atoms. The number of carbonyl (C=O) groups is 1. The zero-order valence-electron chi connectivity index (χ0n) is 13.5. The van der Waals surface area contributed by atoms with Crippen molar-refractivity contribution in [3.8, 4) is 0 Å². The average molecular weight is 319 g/mol. The van der Waals surface area contributed by atoms with E-state index in [9.17, 15) is 13.2 Å². The predicted octanol–water partition coefficient (Wildman–Crippen LogP) is 0.602. The van der Waals surface area contributed by atoms with Gasteiger partial charge in [0.05, 0.1) is 12.3 Å². The zero-order valence-corrected chi connectivity index (χ0v) is 14.4. The molecule has 0 atom stereocenters. The summed E-state index contributed by atoms with van der Waals surface area (Å²) in [5.41, 5.74) is 0. The third-order valence-electron chi connectivity index (χ3n) is 3.99. The number of piperazine rings is 1. The Morgan fingerprint density at radius 2 is 1.62 bits per heavy atom. The molecule has 6 nitrogen and oxygen atoms in total. The van der Waals surface area contributed by atoms with Gasteiger partial charge in [-0.05, 0) is 19.5 Å². The van der Waals surface area contributed by atoms with E-state index in [0.29, 0.717) is 39.1 Å². The van der Waals surface area contributed by atoms with E-state index in [1.165, 1.54) is 4.31 Å². The van der Waals surface area contributed by atoms with Crippen molar-refractivity contribution in [1.29, 1.82) is 0 Å². The molecule has 124 valence electrons. The van der Waals surface area contributed by atoms with Crippen molar-refractivity contribution < 1.29 is 13.2 Å². The maximum Gasteiger partial charge on any atom is 0.236 e. The SMILES string of the molecule is CCCCS(=O)(=O)N1CCN(C(=O)CN(CC)CC)CC1. The van der Waals surface area contributed by atoms with E-state index in [1.54, 1.807) is 4.90 Å². The number of nitrogens with zero attached hydrogens (tertiary/aromatic N) is 3. The van der Waals surface area contributed by atoms with Gasteiger partial charge in [-0.2, -0.15) is 4.31 Å². The van der Waals surface area contributed by atoms with Crippen molar-refractivity contribution in [3.63, 3.8) is 0 Å². The molecule has 0 radical (unpaired) electrons. The quantitative estimate of drug-likeness (QED) is 0.657. The van der Waals surface area contributed by atoms with Gasteiger partial charge in [-0.15, -0.1) is 0 Å². The number of amides is 1. The van der Waals surface area contributed by atoms with Crippen LogP contribution in [0.3, 0.4) is 0 Å². The van der Waals surface area contributed by atoms with E-state index in [1.807, 2.05) is 20.8 Å². The lowest BCUT2D eigenvalue weighted by atomic mass is 10.3. The summed E-state index contributed by atoms with van der Waals surface area (Å²) >= 11 is 0. The number of carbonyl (C=O) groups excluding carboxylic acids is 1. The molecule has 1 amide bonds. The molecule has 1 aliphatic heterocycles. The predicted molar refractivity (Wildman–Crippen MR) is 84.6 cm³/mol. The van der Waals surface area contributed by atoms with E-state index < -0.39 is 10.0 Å². The smallest absolute Gasteiger partial charge is 0.236 e. The molecule has 0 N–H and O–H groups in total. The fourth-order valence-electron chi connectivity index (χ4n) is 2.41. The Balaban J connectivity index is 2.46. The highest BCUT2D eigenvalue weighted by Gasteiger charge is 2.28. The van der Waals surface area contributed by atoms with Crippen LogP contribution in [-0.4, -0.2) is 80.0 Å². The molecule has 0 unspecified atom stereocenters. The standard InChI is InChI=1S/C14H29N3O3S/c1-4-7-12-21(19,20)17-10-8-16(9-11-17)14(18)13-15(5-2)6-3/h4-13H2,1-3H3. The van der Waals surface area contributed by atoms with Gasteiger partial charge in [0.1, 0.15) is 0 Å². The lowest BCUT2D eigenvalue weighted by molar-refractivity contribution is -0.133. The van der Waals surface area contributed by atoms with E-state index >= 15 is 0 Å². The minimum atomic E-state index is -3.14. The van der Waals surface area contributed by atoms with Crippen LogP contribution in [0.15, 0.2) is 0 Å².